The van der Waals surface area contributed by atoms with E-state index >= 15 is 0 Å². The average Bonchev–Trinajstić information content (AvgIpc) is 2.69. The zero-order chi connectivity index (χ0) is 17.1. The number of hydrogen-bond donors (Lipinski definition) is 1. The predicted octanol–water partition coefficient (Wildman–Crippen LogP) is 1.81. The lowest BCUT2D eigenvalue weighted by Gasteiger charge is -2.33. The highest BCUT2D eigenvalue weighted by Crippen LogP contribution is 2.27. The van der Waals surface area contributed by atoms with Gasteiger partial charge in [0.1, 0.15) is 5.82 Å². The largest absolute Gasteiger partial charge is 0.345 e. The van der Waals surface area contributed by atoms with Crippen molar-refractivity contribution in [2.75, 3.05) is 37.6 Å². The van der Waals surface area contributed by atoms with Crippen LogP contribution in [0.2, 0.25) is 0 Å². The third-order valence-corrected chi connectivity index (χ3v) is 4.88. The summed E-state index contributed by atoms with van der Waals surface area (Å²) in [4.78, 5) is 18.0. The van der Waals surface area contributed by atoms with Crippen LogP contribution < -0.4 is 9.80 Å². The van der Waals surface area contributed by atoms with Crippen LogP contribution in [0.15, 0.2) is 48.8 Å². The molecule has 1 N–H and O–H groups in total. The number of anilines is 1. The fraction of sp³-hybridized carbons (Fsp3) is 0.350. The SMILES string of the molecule is CCC[NH+]1CCN(c2nc(-c3cccnc3)nc3ccccc23)CC1. The molecule has 0 amide bonds. The van der Waals surface area contributed by atoms with E-state index in [9.17, 15) is 0 Å². The van der Waals surface area contributed by atoms with Crippen LogP contribution in [0.1, 0.15) is 13.3 Å². The summed E-state index contributed by atoms with van der Waals surface area (Å²) in [6.07, 6.45) is 4.86. The van der Waals surface area contributed by atoms with Crippen molar-refractivity contribution in [3.8, 4) is 11.4 Å². The van der Waals surface area contributed by atoms with Gasteiger partial charge in [-0.05, 0) is 30.7 Å². The number of rotatable bonds is 4. The van der Waals surface area contributed by atoms with Crippen molar-refractivity contribution in [2.45, 2.75) is 13.3 Å². The number of hydrogen-bond acceptors (Lipinski definition) is 4. The Morgan fingerprint density at radius 1 is 1.04 bits per heavy atom. The molecule has 0 spiro atoms. The molecule has 1 aromatic carbocycles. The molecule has 1 aliphatic heterocycles. The van der Waals surface area contributed by atoms with Gasteiger partial charge in [0.15, 0.2) is 5.82 Å². The minimum absolute atomic E-state index is 0.755. The topological polar surface area (TPSA) is 46.4 Å². The van der Waals surface area contributed by atoms with Gasteiger partial charge < -0.3 is 9.80 Å². The van der Waals surface area contributed by atoms with Crippen LogP contribution in [-0.2, 0) is 0 Å². The molecule has 0 radical (unpaired) electrons. The van der Waals surface area contributed by atoms with E-state index in [1.165, 1.54) is 26.1 Å². The molecule has 4 rings (SSSR count). The Morgan fingerprint density at radius 3 is 2.64 bits per heavy atom. The predicted molar refractivity (Wildman–Crippen MR) is 101 cm³/mol. The number of aromatic nitrogens is 3. The van der Waals surface area contributed by atoms with Crippen molar-refractivity contribution in [1.29, 1.82) is 0 Å². The van der Waals surface area contributed by atoms with Gasteiger partial charge in [-0.2, -0.15) is 0 Å². The van der Waals surface area contributed by atoms with Crippen LogP contribution in [0.5, 0.6) is 0 Å². The summed E-state index contributed by atoms with van der Waals surface area (Å²) in [5.41, 5.74) is 1.96. The Bertz CT molecular complexity index is 841. The zero-order valence-corrected chi connectivity index (χ0v) is 14.7. The lowest BCUT2D eigenvalue weighted by molar-refractivity contribution is -0.900. The molecule has 3 aromatic rings. The number of benzene rings is 1. The van der Waals surface area contributed by atoms with E-state index in [1.54, 1.807) is 11.1 Å². The molecule has 5 nitrogen and oxygen atoms in total. The van der Waals surface area contributed by atoms with Crippen LogP contribution in [0.25, 0.3) is 22.3 Å². The second kappa shape index (κ2) is 7.15. The maximum absolute atomic E-state index is 4.93. The molecule has 0 unspecified atom stereocenters. The Kier molecular flexibility index (Phi) is 4.57. The average molecular weight is 334 g/mol. The Balaban J connectivity index is 1.72. The molecular formula is C20H24N5+. The quantitative estimate of drug-likeness (QED) is 0.790. The van der Waals surface area contributed by atoms with E-state index < -0.39 is 0 Å². The number of para-hydroxylation sites is 1. The van der Waals surface area contributed by atoms with Gasteiger partial charge in [-0.3, -0.25) is 4.98 Å². The van der Waals surface area contributed by atoms with Crippen molar-refractivity contribution in [3.63, 3.8) is 0 Å². The van der Waals surface area contributed by atoms with Gasteiger partial charge in [-0.1, -0.05) is 19.1 Å². The first kappa shape index (κ1) is 16.0. The van der Waals surface area contributed by atoms with Gasteiger partial charge in [0.05, 0.1) is 38.2 Å². The third kappa shape index (κ3) is 3.33. The number of nitrogens with one attached hydrogen (secondary N) is 1. The van der Waals surface area contributed by atoms with Crippen LogP contribution in [0.3, 0.4) is 0 Å². The first-order valence-corrected chi connectivity index (χ1v) is 9.11. The normalized spacial score (nSPS) is 15.6. The molecule has 0 bridgehead atoms. The number of nitrogens with zero attached hydrogens (tertiary/aromatic N) is 4. The molecule has 0 atom stereocenters. The van der Waals surface area contributed by atoms with E-state index in [-0.39, 0.29) is 0 Å². The van der Waals surface area contributed by atoms with E-state index in [1.807, 2.05) is 24.4 Å². The fourth-order valence-electron chi connectivity index (χ4n) is 3.56. The Labute approximate surface area is 148 Å². The molecule has 3 heterocycles. The second-order valence-electron chi connectivity index (χ2n) is 6.62. The highest BCUT2D eigenvalue weighted by molar-refractivity contribution is 5.91. The monoisotopic (exact) mass is 334 g/mol. The van der Waals surface area contributed by atoms with Gasteiger partial charge in [0.2, 0.25) is 0 Å². The lowest BCUT2D eigenvalue weighted by atomic mass is 10.2. The minimum atomic E-state index is 0.755. The molecule has 2 aromatic heterocycles. The molecule has 5 heteroatoms. The van der Waals surface area contributed by atoms with Crippen LogP contribution in [0, 0.1) is 0 Å². The van der Waals surface area contributed by atoms with Gasteiger partial charge in [-0.15, -0.1) is 0 Å². The zero-order valence-electron chi connectivity index (χ0n) is 14.7. The summed E-state index contributed by atoms with van der Waals surface area (Å²) in [5.74, 6) is 1.81. The summed E-state index contributed by atoms with van der Waals surface area (Å²) in [6, 6.07) is 12.2. The van der Waals surface area contributed by atoms with Gasteiger partial charge in [0, 0.05) is 23.3 Å². The van der Waals surface area contributed by atoms with Gasteiger partial charge >= 0.3 is 0 Å². The van der Waals surface area contributed by atoms with Crippen molar-refractivity contribution >= 4 is 16.7 Å². The van der Waals surface area contributed by atoms with Gasteiger partial charge in [-0.25, -0.2) is 9.97 Å². The Morgan fingerprint density at radius 2 is 1.88 bits per heavy atom. The van der Waals surface area contributed by atoms with Crippen molar-refractivity contribution in [1.82, 2.24) is 15.0 Å². The summed E-state index contributed by atoms with van der Waals surface area (Å²) in [7, 11) is 0. The molecule has 128 valence electrons. The summed E-state index contributed by atoms with van der Waals surface area (Å²) in [6.45, 7) is 7.96. The van der Waals surface area contributed by atoms with E-state index in [2.05, 4.69) is 35.0 Å². The van der Waals surface area contributed by atoms with Crippen molar-refractivity contribution in [3.05, 3.63) is 48.8 Å². The fourth-order valence-corrected chi connectivity index (χ4v) is 3.56. The summed E-state index contributed by atoms with van der Waals surface area (Å²) >= 11 is 0. The summed E-state index contributed by atoms with van der Waals surface area (Å²) in [5, 5.41) is 1.13. The van der Waals surface area contributed by atoms with Crippen LogP contribution in [0.4, 0.5) is 5.82 Å². The third-order valence-electron chi connectivity index (χ3n) is 4.88. The van der Waals surface area contributed by atoms with E-state index in [4.69, 9.17) is 9.97 Å². The molecule has 1 aliphatic rings. The second-order valence-corrected chi connectivity index (χ2v) is 6.62. The molecular weight excluding hydrogens is 310 g/mol. The molecule has 1 fully saturated rings. The van der Waals surface area contributed by atoms with E-state index in [0.29, 0.717) is 0 Å². The number of piperazine rings is 1. The molecule has 1 saturated heterocycles. The smallest absolute Gasteiger partial charge is 0.163 e. The van der Waals surface area contributed by atoms with Crippen LogP contribution in [-0.4, -0.2) is 47.7 Å². The van der Waals surface area contributed by atoms with Crippen molar-refractivity contribution in [2.24, 2.45) is 0 Å². The highest BCUT2D eigenvalue weighted by Gasteiger charge is 2.22. The first-order chi connectivity index (χ1) is 12.3. The molecule has 0 saturated carbocycles. The summed E-state index contributed by atoms with van der Waals surface area (Å²) < 4.78 is 0. The van der Waals surface area contributed by atoms with Gasteiger partial charge in [0.25, 0.3) is 0 Å². The highest BCUT2D eigenvalue weighted by atomic mass is 15.3. The van der Waals surface area contributed by atoms with Crippen molar-refractivity contribution < 1.29 is 4.90 Å². The standard InChI is InChI=1S/C20H23N5/c1-2-10-24-11-13-25(14-12-24)20-17-7-3-4-8-18(17)22-19(23-20)16-6-5-9-21-15-16/h3-9,15H,2,10-14H2,1H3/p+1. The number of fused-ring (bicyclic) bond motifs is 1. The molecule has 0 aliphatic carbocycles. The maximum Gasteiger partial charge on any atom is 0.163 e. The maximum atomic E-state index is 4.93. The number of quaternary nitrogens is 1. The minimum Gasteiger partial charge on any atom is -0.345 e. The Hall–Kier alpha value is -2.53. The van der Waals surface area contributed by atoms with E-state index in [0.717, 1.165) is 41.2 Å². The first-order valence-electron chi connectivity index (χ1n) is 9.11. The lowest BCUT2D eigenvalue weighted by Crippen LogP contribution is -3.14. The van der Waals surface area contributed by atoms with Crippen LogP contribution >= 0.6 is 0 Å². The number of pyridine rings is 1. The molecule has 25 heavy (non-hydrogen) atoms.